The number of pyridine rings is 1. The van der Waals surface area contributed by atoms with Gasteiger partial charge in [-0.15, -0.1) is 0 Å². The van der Waals surface area contributed by atoms with E-state index in [-0.39, 0.29) is 19.0 Å². The van der Waals surface area contributed by atoms with Gasteiger partial charge in [-0.25, -0.2) is 22.5 Å². The van der Waals surface area contributed by atoms with Crippen molar-refractivity contribution in [2.75, 3.05) is 18.4 Å². The summed E-state index contributed by atoms with van der Waals surface area (Å²) in [6.45, 7) is 1.90. The molecule has 1 aliphatic heterocycles. The van der Waals surface area contributed by atoms with E-state index in [1.54, 1.807) is 19.1 Å². The molecule has 28 heavy (non-hydrogen) atoms. The molecule has 1 aliphatic rings. The molecule has 9 heteroatoms. The highest BCUT2D eigenvalue weighted by atomic mass is 19.2. The second kappa shape index (κ2) is 7.95. The zero-order valence-electron chi connectivity index (χ0n) is 14.9. The largest absolute Gasteiger partial charge is 0.338 e. The summed E-state index contributed by atoms with van der Waals surface area (Å²) in [6, 6.07) is 3.83. The molecule has 2 aromatic rings. The topological polar surface area (TPSA) is 62.3 Å². The molecule has 2 amide bonds. The quantitative estimate of drug-likeness (QED) is 0.492. The van der Waals surface area contributed by atoms with Gasteiger partial charge in [-0.3, -0.25) is 9.59 Å². The Morgan fingerprint density at radius 1 is 1.18 bits per heavy atom. The molecule has 1 saturated heterocycles. The molecule has 0 spiro atoms. The number of hydrogen-bond acceptors (Lipinski definition) is 3. The van der Waals surface area contributed by atoms with Gasteiger partial charge < -0.3 is 10.2 Å². The lowest BCUT2D eigenvalue weighted by molar-refractivity contribution is -0.121. The van der Waals surface area contributed by atoms with Gasteiger partial charge in [0.25, 0.3) is 5.91 Å². The number of likely N-dealkylation sites (tertiary alicyclic amines) is 1. The maximum absolute atomic E-state index is 13.9. The lowest BCUT2D eigenvalue weighted by atomic mass is 9.96. The van der Waals surface area contributed by atoms with Crippen molar-refractivity contribution in [3.05, 3.63) is 58.8 Å². The van der Waals surface area contributed by atoms with Gasteiger partial charge in [-0.05, 0) is 37.5 Å². The first kappa shape index (κ1) is 19.8. The van der Waals surface area contributed by atoms with Gasteiger partial charge in [0, 0.05) is 19.3 Å². The minimum atomic E-state index is -2.04. The van der Waals surface area contributed by atoms with Crippen LogP contribution in [0.3, 0.4) is 0 Å². The SMILES string of the molecule is Cc1cccnc1NC(=O)[C@@H]1CCCN(C(=O)c2cc(F)c(F)c(F)c2F)C1. The highest BCUT2D eigenvalue weighted by molar-refractivity contribution is 5.96. The Bertz CT molecular complexity index is 936. The summed E-state index contributed by atoms with van der Waals surface area (Å²) in [7, 11) is 0. The third-order valence-electron chi connectivity index (χ3n) is 4.66. The molecule has 1 aromatic heterocycles. The van der Waals surface area contributed by atoms with Crippen LogP contribution in [0.5, 0.6) is 0 Å². The number of nitrogens with zero attached hydrogens (tertiary/aromatic N) is 2. The summed E-state index contributed by atoms with van der Waals surface area (Å²) >= 11 is 0. The molecule has 148 valence electrons. The Morgan fingerprint density at radius 2 is 1.93 bits per heavy atom. The van der Waals surface area contributed by atoms with Crippen LogP contribution in [0.2, 0.25) is 0 Å². The maximum atomic E-state index is 13.9. The highest BCUT2D eigenvalue weighted by Crippen LogP contribution is 2.24. The Morgan fingerprint density at radius 3 is 2.64 bits per heavy atom. The fourth-order valence-electron chi connectivity index (χ4n) is 3.11. The van der Waals surface area contributed by atoms with E-state index >= 15 is 0 Å². The molecule has 5 nitrogen and oxygen atoms in total. The van der Waals surface area contributed by atoms with Crippen LogP contribution in [-0.2, 0) is 4.79 Å². The zero-order chi connectivity index (χ0) is 20.4. The molecule has 0 bridgehead atoms. The molecule has 2 heterocycles. The van der Waals surface area contributed by atoms with E-state index in [0.717, 1.165) is 10.5 Å². The van der Waals surface area contributed by atoms with Crippen LogP contribution in [0.4, 0.5) is 23.4 Å². The number of carbonyl (C=O) groups excluding carboxylic acids is 2. The minimum absolute atomic E-state index is 0.0589. The average Bonchev–Trinajstić information content (AvgIpc) is 2.70. The van der Waals surface area contributed by atoms with Crippen molar-refractivity contribution in [1.29, 1.82) is 0 Å². The fourth-order valence-corrected chi connectivity index (χ4v) is 3.11. The van der Waals surface area contributed by atoms with Crippen LogP contribution in [0.15, 0.2) is 24.4 Å². The van der Waals surface area contributed by atoms with Gasteiger partial charge in [0.2, 0.25) is 5.91 Å². The molecule has 1 N–H and O–H groups in total. The van der Waals surface area contributed by atoms with Crippen LogP contribution in [-0.4, -0.2) is 34.8 Å². The highest BCUT2D eigenvalue weighted by Gasteiger charge is 2.32. The molecule has 0 saturated carbocycles. The van der Waals surface area contributed by atoms with Gasteiger partial charge >= 0.3 is 0 Å². The van der Waals surface area contributed by atoms with Crippen LogP contribution in [0, 0.1) is 36.1 Å². The van der Waals surface area contributed by atoms with E-state index in [0.29, 0.717) is 24.7 Å². The molecule has 1 aromatic carbocycles. The standard InChI is InChI=1S/C19H17F4N3O2/c1-10-4-2-6-24-17(10)25-18(27)11-5-3-7-26(9-11)19(28)12-8-13(20)15(22)16(23)14(12)21/h2,4,6,8,11H,3,5,7,9H2,1H3,(H,24,25,27)/t11-/m1/s1. The second-order valence-electron chi connectivity index (χ2n) is 6.60. The van der Waals surface area contributed by atoms with E-state index in [4.69, 9.17) is 0 Å². The van der Waals surface area contributed by atoms with Crippen LogP contribution >= 0.6 is 0 Å². The van der Waals surface area contributed by atoms with Gasteiger partial charge in [-0.1, -0.05) is 6.07 Å². The number of benzene rings is 1. The first-order valence-electron chi connectivity index (χ1n) is 8.64. The number of piperidine rings is 1. The number of nitrogens with one attached hydrogen (secondary N) is 1. The summed E-state index contributed by atoms with van der Waals surface area (Å²) < 4.78 is 53.9. The number of hydrogen-bond donors (Lipinski definition) is 1. The Hall–Kier alpha value is -2.97. The van der Waals surface area contributed by atoms with Gasteiger partial charge in [0.15, 0.2) is 23.3 Å². The van der Waals surface area contributed by atoms with Crippen LogP contribution in [0.1, 0.15) is 28.8 Å². The Kier molecular flexibility index (Phi) is 5.62. The first-order chi connectivity index (χ1) is 13.3. The van der Waals surface area contributed by atoms with E-state index in [1.165, 1.54) is 6.20 Å². The molecule has 1 atom stereocenters. The summed E-state index contributed by atoms with van der Waals surface area (Å²) in [5.74, 6) is -8.99. The van der Waals surface area contributed by atoms with E-state index in [9.17, 15) is 27.2 Å². The fraction of sp³-hybridized carbons (Fsp3) is 0.316. The number of aromatic nitrogens is 1. The molecule has 3 rings (SSSR count). The Balaban J connectivity index is 1.75. The van der Waals surface area contributed by atoms with E-state index < -0.39 is 40.7 Å². The number of amides is 2. The number of aryl methyl sites for hydroxylation is 1. The summed E-state index contributed by atoms with van der Waals surface area (Å²) in [5, 5.41) is 2.68. The normalized spacial score (nSPS) is 16.8. The molecular formula is C19H17F4N3O2. The number of carbonyl (C=O) groups is 2. The van der Waals surface area contributed by atoms with Crippen LogP contribution in [0.25, 0.3) is 0 Å². The molecule has 1 fully saturated rings. The minimum Gasteiger partial charge on any atom is -0.338 e. The van der Waals surface area contributed by atoms with Crippen molar-refractivity contribution in [1.82, 2.24) is 9.88 Å². The molecule has 0 aliphatic carbocycles. The van der Waals surface area contributed by atoms with Crippen molar-refractivity contribution < 1.29 is 27.2 Å². The third-order valence-corrected chi connectivity index (χ3v) is 4.66. The smallest absolute Gasteiger partial charge is 0.257 e. The zero-order valence-corrected chi connectivity index (χ0v) is 14.9. The lowest BCUT2D eigenvalue weighted by Gasteiger charge is -2.32. The lowest BCUT2D eigenvalue weighted by Crippen LogP contribution is -2.44. The third kappa shape index (κ3) is 3.83. The van der Waals surface area contributed by atoms with Crippen molar-refractivity contribution in [3.63, 3.8) is 0 Å². The molecule has 0 unspecified atom stereocenters. The van der Waals surface area contributed by atoms with Crippen molar-refractivity contribution in [3.8, 4) is 0 Å². The summed E-state index contributed by atoms with van der Waals surface area (Å²) in [4.78, 5) is 30.2. The van der Waals surface area contributed by atoms with Crippen molar-refractivity contribution >= 4 is 17.6 Å². The summed E-state index contributed by atoms with van der Waals surface area (Å²) in [5.41, 5.74) is -0.142. The number of anilines is 1. The monoisotopic (exact) mass is 395 g/mol. The van der Waals surface area contributed by atoms with Crippen LogP contribution < -0.4 is 5.32 Å². The van der Waals surface area contributed by atoms with E-state index in [1.807, 2.05) is 0 Å². The molecular weight excluding hydrogens is 378 g/mol. The second-order valence-corrected chi connectivity index (χ2v) is 6.60. The van der Waals surface area contributed by atoms with Crippen molar-refractivity contribution in [2.24, 2.45) is 5.92 Å². The number of rotatable bonds is 3. The number of halogens is 4. The van der Waals surface area contributed by atoms with Gasteiger partial charge in [-0.2, -0.15) is 0 Å². The predicted molar refractivity (Wildman–Crippen MR) is 92.5 cm³/mol. The van der Waals surface area contributed by atoms with Gasteiger partial charge in [0.05, 0.1) is 11.5 Å². The summed E-state index contributed by atoms with van der Waals surface area (Å²) in [6.07, 6.45) is 2.45. The van der Waals surface area contributed by atoms with Crippen molar-refractivity contribution in [2.45, 2.75) is 19.8 Å². The van der Waals surface area contributed by atoms with E-state index in [2.05, 4.69) is 10.3 Å². The Labute approximate surface area is 158 Å². The first-order valence-corrected chi connectivity index (χ1v) is 8.64. The van der Waals surface area contributed by atoms with Gasteiger partial charge in [0.1, 0.15) is 5.82 Å². The maximum Gasteiger partial charge on any atom is 0.257 e. The molecule has 0 radical (unpaired) electrons. The average molecular weight is 395 g/mol. The predicted octanol–water partition coefficient (Wildman–Crippen LogP) is 3.44.